The van der Waals surface area contributed by atoms with E-state index in [1.165, 1.54) is 37.7 Å². The molecule has 0 aliphatic heterocycles. The van der Waals surface area contributed by atoms with E-state index in [9.17, 15) is 0 Å². The van der Waals surface area contributed by atoms with Gasteiger partial charge in [-0.3, -0.25) is 0 Å². The largest absolute Gasteiger partial charge is 0.316 e. The van der Waals surface area contributed by atoms with Crippen LogP contribution in [0, 0.1) is 0 Å². The van der Waals surface area contributed by atoms with Crippen LogP contribution in [0.3, 0.4) is 0 Å². The van der Waals surface area contributed by atoms with Crippen molar-refractivity contribution in [2.45, 2.75) is 44.6 Å². The fraction of sp³-hybridized carbons (Fsp3) is 0.571. The van der Waals surface area contributed by atoms with Gasteiger partial charge in [-0.05, 0) is 68.0 Å². The van der Waals surface area contributed by atoms with Gasteiger partial charge in [-0.1, -0.05) is 11.6 Å². The van der Waals surface area contributed by atoms with Crippen molar-refractivity contribution in [1.29, 1.82) is 0 Å². The Labute approximate surface area is 103 Å². The summed E-state index contributed by atoms with van der Waals surface area (Å²) < 4.78 is 0. The number of nitrogens with one attached hydrogen (secondary N) is 1. The maximum Gasteiger partial charge on any atom is 0.0142 e. The van der Waals surface area contributed by atoms with Crippen LogP contribution < -0.4 is 5.32 Å². The molecule has 1 aromatic heterocycles. The second-order valence-electron chi connectivity index (χ2n) is 4.63. The maximum absolute atomic E-state index is 3.45. The lowest BCUT2D eigenvalue weighted by Gasteiger charge is -2.20. The number of hydrogen-bond acceptors (Lipinski definition) is 2. The standard InChI is InChI=1S/C14H21NS/c1-15-14(10-13-7-8-16-11-13)9-12-5-3-2-4-6-12/h5,7-8,11,14-15H,2-4,6,9-10H2,1H3. The first-order valence-corrected chi connectivity index (χ1v) is 7.19. The van der Waals surface area contributed by atoms with Crippen molar-refractivity contribution in [1.82, 2.24) is 5.32 Å². The van der Waals surface area contributed by atoms with Gasteiger partial charge < -0.3 is 5.32 Å². The molecule has 1 atom stereocenters. The van der Waals surface area contributed by atoms with Crippen molar-refractivity contribution in [3.8, 4) is 0 Å². The van der Waals surface area contributed by atoms with E-state index in [0.717, 1.165) is 6.42 Å². The third kappa shape index (κ3) is 3.46. The molecule has 16 heavy (non-hydrogen) atoms. The molecule has 1 heterocycles. The van der Waals surface area contributed by atoms with E-state index in [4.69, 9.17) is 0 Å². The van der Waals surface area contributed by atoms with Crippen molar-refractivity contribution < 1.29 is 0 Å². The lowest BCUT2D eigenvalue weighted by molar-refractivity contribution is 0.533. The highest BCUT2D eigenvalue weighted by Crippen LogP contribution is 2.22. The second-order valence-corrected chi connectivity index (χ2v) is 5.41. The molecule has 0 fully saturated rings. The molecule has 2 heteroatoms. The quantitative estimate of drug-likeness (QED) is 0.766. The van der Waals surface area contributed by atoms with Crippen molar-refractivity contribution in [2.75, 3.05) is 7.05 Å². The number of allylic oxidation sites excluding steroid dienone is 1. The molecule has 0 bridgehead atoms. The van der Waals surface area contributed by atoms with Crippen molar-refractivity contribution in [3.05, 3.63) is 34.0 Å². The Bertz CT molecular complexity index is 327. The summed E-state index contributed by atoms with van der Waals surface area (Å²) in [5.74, 6) is 0. The van der Waals surface area contributed by atoms with Gasteiger partial charge in [0.05, 0.1) is 0 Å². The molecule has 1 aliphatic rings. The van der Waals surface area contributed by atoms with Crippen LogP contribution in [0.1, 0.15) is 37.7 Å². The molecule has 1 aliphatic carbocycles. The molecule has 1 unspecified atom stereocenters. The molecule has 0 amide bonds. The summed E-state index contributed by atoms with van der Waals surface area (Å²) in [6.07, 6.45) is 10.2. The van der Waals surface area contributed by atoms with Gasteiger partial charge >= 0.3 is 0 Å². The van der Waals surface area contributed by atoms with Gasteiger partial charge in [0.2, 0.25) is 0 Å². The van der Waals surface area contributed by atoms with Crippen molar-refractivity contribution >= 4 is 11.3 Å². The van der Waals surface area contributed by atoms with Crippen LogP contribution in [0.15, 0.2) is 28.5 Å². The van der Waals surface area contributed by atoms with Gasteiger partial charge in [0.25, 0.3) is 0 Å². The Morgan fingerprint density at radius 2 is 2.31 bits per heavy atom. The Morgan fingerprint density at radius 3 is 2.94 bits per heavy atom. The average Bonchev–Trinajstić information content (AvgIpc) is 2.82. The first-order valence-electron chi connectivity index (χ1n) is 6.24. The fourth-order valence-electron chi connectivity index (χ4n) is 2.38. The second kappa shape index (κ2) is 6.21. The molecule has 0 spiro atoms. The third-order valence-electron chi connectivity index (χ3n) is 3.36. The van der Waals surface area contributed by atoms with Crippen LogP contribution in [0.25, 0.3) is 0 Å². The molecule has 0 saturated carbocycles. The summed E-state index contributed by atoms with van der Waals surface area (Å²) in [7, 11) is 2.08. The molecule has 0 saturated heterocycles. The molecule has 0 radical (unpaired) electrons. The van der Waals surface area contributed by atoms with Crippen molar-refractivity contribution in [2.24, 2.45) is 0 Å². The van der Waals surface area contributed by atoms with Gasteiger partial charge in [-0.25, -0.2) is 0 Å². The lowest BCUT2D eigenvalue weighted by atomic mass is 9.92. The number of rotatable bonds is 5. The van der Waals surface area contributed by atoms with Gasteiger partial charge in [-0.2, -0.15) is 11.3 Å². The van der Waals surface area contributed by atoms with E-state index < -0.39 is 0 Å². The van der Waals surface area contributed by atoms with E-state index in [2.05, 4.69) is 35.3 Å². The smallest absolute Gasteiger partial charge is 0.0142 e. The minimum absolute atomic E-state index is 0.610. The minimum atomic E-state index is 0.610. The van der Waals surface area contributed by atoms with Gasteiger partial charge in [0.15, 0.2) is 0 Å². The summed E-state index contributed by atoms with van der Waals surface area (Å²) >= 11 is 1.80. The Balaban J connectivity index is 1.87. The SMILES string of the molecule is CNC(CC1=CCCCC1)Cc1ccsc1. The average molecular weight is 235 g/mol. The van der Waals surface area contributed by atoms with Crippen LogP contribution in [0.2, 0.25) is 0 Å². The highest BCUT2D eigenvalue weighted by molar-refractivity contribution is 7.07. The highest BCUT2D eigenvalue weighted by atomic mass is 32.1. The van der Waals surface area contributed by atoms with E-state index in [1.807, 2.05) is 0 Å². The highest BCUT2D eigenvalue weighted by Gasteiger charge is 2.12. The third-order valence-corrected chi connectivity index (χ3v) is 4.10. The number of likely N-dealkylation sites (N-methyl/N-ethyl adjacent to an activating group) is 1. The van der Waals surface area contributed by atoms with Crippen LogP contribution in [0.5, 0.6) is 0 Å². The number of hydrogen-bond donors (Lipinski definition) is 1. The first kappa shape index (κ1) is 11.9. The maximum atomic E-state index is 3.45. The van der Waals surface area contributed by atoms with E-state index in [1.54, 1.807) is 16.9 Å². The summed E-state index contributed by atoms with van der Waals surface area (Å²) in [4.78, 5) is 0. The molecular formula is C14H21NS. The lowest BCUT2D eigenvalue weighted by Crippen LogP contribution is -2.28. The minimum Gasteiger partial charge on any atom is -0.316 e. The molecule has 2 rings (SSSR count). The van der Waals surface area contributed by atoms with E-state index >= 15 is 0 Å². The van der Waals surface area contributed by atoms with Gasteiger partial charge in [0.1, 0.15) is 0 Å². The fourth-order valence-corrected chi connectivity index (χ4v) is 3.06. The topological polar surface area (TPSA) is 12.0 Å². The van der Waals surface area contributed by atoms with E-state index in [-0.39, 0.29) is 0 Å². The molecule has 88 valence electrons. The van der Waals surface area contributed by atoms with Crippen LogP contribution in [0.4, 0.5) is 0 Å². The Hall–Kier alpha value is -0.600. The first-order chi connectivity index (χ1) is 7.88. The summed E-state index contributed by atoms with van der Waals surface area (Å²) in [6, 6.07) is 2.85. The van der Waals surface area contributed by atoms with Crippen LogP contribution >= 0.6 is 11.3 Å². The molecule has 1 aromatic rings. The predicted octanol–water partition coefficient (Wildman–Crippen LogP) is 3.77. The van der Waals surface area contributed by atoms with Crippen LogP contribution in [-0.4, -0.2) is 13.1 Å². The normalized spacial score (nSPS) is 18.2. The Kier molecular flexibility index (Phi) is 4.61. The number of thiophene rings is 1. The predicted molar refractivity (Wildman–Crippen MR) is 72.0 cm³/mol. The van der Waals surface area contributed by atoms with Gasteiger partial charge in [-0.15, -0.1) is 0 Å². The zero-order valence-electron chi connectivity index (χ0n) is 10.0. The molecule has 0 aromatic carbocycles. The monoisotopic (exact) mass is 235 g/mol. The summed E-state index contributed by atoms with van der Waals surface area (Å²) in [5, 5.41) is 7.88. The van der Waals surface area contributed by atoms with Crippen molar-refractivity contribution in [3.63, 3.8) is 0 Å². The van der Waals surface area contributed by atoms with Gasteiger partial charge in [0, 0.05) is 6.04 Å². The zero-order chi connectivity index (χ0) is 11.2. The Morgan fingerprint density at radius 1 is 1.38 bits per heavy atom. The van der Waals surface area contributed by atoms with E-state index in [0.29, 0.717) is 6.04 Å². The summed E-state index contributed by atoms with van der Waals surface area (Å²) in [5.41, 5.74) is 3.14. The molecule has 1 N–H and O–H groups in total. The van der Waals surface area contributed by atoms with Crippen LogP contribution in [-0.2, 0) is 6.42 Å². The summed E-state index contributed by atoms with van der Waals surface area (Å²) in [6.45, 7) is 0. The molecule has 1 nitrogen and oxygen atoms in total. The molecular weight excluding hydrogens is 214 g/mol. The zero-order valence-corrected chi connectivity index (χ0v) is 10.9.